The Morgan fingerprint density at radius 2 is 1.67 bits per heavy atom. The van der Waals surface area contributed by atoms with E-state index in [-0.39, 0.29) is 5.82 Å². The Kier molecular flexibility index (Phi) is 5.83. The van der Waals surface area contributed by atoms with Crippen molar-refractivity contribution in [2.75, 3.05) is 12.8 Å². The highest BCUT2D eigenvalue weighted by Crippen LogP contribution is 2.22. The predicted molar refractivity (Wildman–Crippen MR) is 89.6 cm³/mol. The van der Waals surface area contributed by atoms with Crippen LogP contribution in [-0.2, 0) is 6.42 Å². The first-order chi connectivity index (χ1) is 10.1. The minimum atomic E-state index is -0.181. The van der Waals surface area contributed by atoms with Crippen LogP contribution in [0.3, 0.4) is 0 Å². The number of thioether (sulfide) groups is 1. The minimum absolute atomic E-state index is 0.181. The van der Waals surface area contributed by atoms with E-state index in [1.165, 1.54) is 28.8 Å². The molecule has 1 nitrogen and oxygen atoms in total. The van der Waals surface area contributed by atoms with Crippen LogP contribution in [0.4, 0.5) is 4.39 Å². The van der Waals surface area contributed by atoms with Crippen LogP contribution in [0.5, 0.6) is 0 Å². The first-order valence-corrected chi connectivity index (χ1v) is 8.19. The van der Waals surface area contributed by atoms with Crippen molar-refractivity contribution >= 4 is 11.8 Å². The van der Waals surface area contributed by atoms with Crippen molar-refractivity contribution in [3.05, 3.63) is 65.0 Å². The molecule has 0 aliphatic carbocycles. The second-order valence-electron chi connectivity index (χ2n) is 5.33. The summed E-state index contributed by atoms with van der Waals surface area (Å²) in [6.07, 6.45) is 1.02. The van der Waals surface area contributed by atoms with Crippen LogP contribution in [0.1, 0.15) is 16.7 Å². The number of nitrogens with one attached hydrogen (secondary N) is 1. The van der Waals surface area contributed by atoms with Gasteiger partial charge in [0.05, 0.1) is 0 Å². The van der Waals surface area contributed by atoms with Gasteiger partial charge < -0.3 is 5.32 Å². The molecule has 0 bridgehead atoms. The maximum atomic E-state index is 12.9. The molecule has 0 saturated carbocycles. The highest BCUT2D eigenvalue weighted by Gasteiger charge is 2.11. The maximum absolute atomic E-state index is 12.9. The van der Waals surface area contributed by atoms with E-state index in [1.807, 2.05) is 19.2 Å². The van der Waals surface area contributed by atoms with Gasteiger partial charge in [-0.3, -0.25) is 0 Å². The normalized spacial score (nSPS) is 12.4. The van der Waals surface area contributed by atoms with Crippen LogP contribution < -0.4 is 5.32 Å². The summed E-state index contributed by atoms with van der Waals surface area (Å²) in [6, 6.07) is 13.6. The second-order valence-corrected chi connectivity index (χ2v) is 6.42. The van der Waals surface area contributed by atoms with Crippen molar-refractivity contribution in [2.45, 2.75) is 31.2 Å². The number of hydrogen-bond donors (Lipinski definition) is 1. The van der Waals surface area contributed by atoms with Gasteiger partial charge in [0, 0.05) is 16.7 Å². The van der Waals surface area contributed by atoms with Gasteiger partial charge in [0.1, 0.15) is 5.82 Å². The van der Waals surface area contributed by atoms with Gasteiger partial charge in [-0.15, -0.1) is 11.8 Å². The molecule has 0 fully saturated rings. The van der Waals surface area contributed by atoms with Crippen LogP contribution in [0.25, 0.3) is 0 Å². The van der Waals surface area contributed by atoms with Crippen molar-refractivity contribution < 1.29 is 4.39 Å². The van der Waals surface area contributed by atoms with E-state index in [9.17, 15) is 4.39 Å². The molecule has 0 aliphatic heterocycles. The predicted octanol–water partition coefficient (Wildman–Crippen LogP) is 4.37. The summed E-state index contributed by atoms with van der Waals surface area (Å²) in [5.74, 6) is 0.788. The Hall–Kier alpha value is -1.32. The maximum Gasteiger partial charge on any atom is 0.123 e. The third kappa shape index (κ3) is 4.58. The van der Waals surface area contributed by atoms with Crippen LogP contribution in [0.2, 0.25) is 0 Å². The molecule has 0 spiro atoms. The smallest absolute Gasteiger partial charge is 0.123 e. The molecular formula is C18H22FNS. The summed E-state index contributed by atoms with van der Waals surface area (Å²) in [7, 11) is 2.00. The number of hydrogen-bond acceptors (Lipinski definition) is 2. The molecule has 0 heterocycles. The van der Waals surface area contributed by atoms with E-state index in [2.05, 4.69) is 37.4 Å². The topological polar surface area (TPSA) is 12.0 Å². The zero-order valence-electron chi connectivity index (χ0n) is 12.8. The summed E-state index contributed by atoms with van der Waals surface area (Å²) in [4.78, 5) is 1.11. The van der Waals surface area contributed by atoms with Gasteiger partial charge in [0.25, 0.3) is 0 Å². The zero-order valence-corrected chi connectivity index (χ0v) is 13.6. The fourth-order valence-corrected chi connectivity index (χ4v) is 3.40. The van der Waals surface area contributed by atoms with E-state index in [0.717, 1.165) is 17.1 Å². The molecule has 1 atom stereocenters. The van der Waals surface area contributed by atoms with Crippen LogP contribution in [0, 0.1) is 19.7 Å². The Morgan fingerprint density at radius 1 is 1.05 bits per heavy atom. The quantitative estimate of drug-likeness (QED) is 0.796. The Balaban J connectivity index is 1.98. The molecule has 2 aromatic rings. The molecule has 0 aliphatic rings. The first kappa shape index (κ1) is 16.1. The van der Waals surface area contributed by atoms with E-state index in [0.29, 0.717) is 6.04 Å². The number of likely N-dealkylation sites (N-methyl/N-ethyl adjacent to an activating group) is 1. The molecule has 2 rings (SSSR count). The third-order valence-corrected chi connectivity index (χ3v) is 4.94. The number of aryl methyl sites for hydroxylation is 2. The molecule has 1 N–H and O–H groups in total. The van der Waals surface area contributed by atoms with Gasteiger partial charge in [0.15, 0.2) is 0 Å². The SMILES string of the molecule is CNC(CSc1ccc(F)cc1)Cc1c(C)cccc1C. The van der Waals surface area contributed by atoms with Gasteiger partial charge in [-0.1, -0.05) is 18.2 Å². The van der Waals surface area contributed by atoms with Crippen molar-refractivity contribution in [2.24, 2.45) is 0 Å². The van der Waals surface area contributed by atoms with Crippen molar-refractivity contribution in [1.29, 1.82) is 0 Å². The monoisotopic (exact) mass is 303 g/mol. The fourth-order valence-electron chi connectivity index (χ4n) is 2.39. The molecule has 0 saturated heterocycles. The van der Waals surface area contributed by atoms with Crippen LogP contribution in [0.15, 0.2) is 47.4 Å². The minimum Gasteiger partial charge on any atom is -0.316 e. The molecule has 0 amide bonds. The van der Waals surface area contributed by atoms with Gasteiger partial charge >= 0.3 is 0 Å². The number of rotatable bonds is 6. The zero-order chi connectivity index (χ0) is 15.2. The van der Waals surface area contributed by atoms with Gasteiger partial charge in [0.2, 0.25) is 0 Å². The first-order valence-electron chi connectivity index (χ1n) is 7.21. The van der Waals surface area contributed by atoms with E-state index >= 15 is 0 Å². The van der Waals surface area contributed by atoms with Gasteiger partial charge in [-0.25, -0.2) is 4.39 Å². The lowest BCUT2D eigenvalue weighted by molar-refractivity contribution is 0.613. The standard InChI is InChI=1S/C18H22FNS/c1-13-5-4-6-14(2)18(13)11-16(20-3)12-21-17-9-7-15(19)8-10-17/h4-10,16,20H,11-12H2,1-3H3. The Labute approximate surface area is 131 Å². The molecule has 0 radical (unpaired) electrons. The van der Waals surface area contributed by atoms with Gasteiger partial charge in [-0.05, 0) is 68.3 Å². The molecule has 2 aromatic carbocycles. The lowest BCUT2D eigenvalue weighted by atomic mass is 9.97. The summed E-state index contributed by atoms with van der Waals surface area (Å²) in [5.41, 5.74) is 4.13. The summed E-state index contributed by atoms with van der Waals surface area (Å²) < 4.78 is 12.9. The van der Waals surface area contributed by atoms with Crippen molar-refractivity contribution in [3.63, 3.8) is 0 Å². The second kappa shape index (κ2) is 7.62. The average molecular weight is 303 g/mol. The lowest BCUT2D eigenvalue weighted by Gasteiger charge is -2.19. The molecule has 0 aromatic heterocycles. The largest absolute Gasteiger partial charge is 0.316 e. The number of benzene rings is 2. The van der Waals surface area contributed by atoms with E-state index in [4.69, 9.17) is 0 Å². The molecular weight excluding hydrogens is 281 g/mol. The van der Waals surface area contributed by atoms with Crippen molar-refractivity contribution in [3.8, 4) is 0 Å². The molecule has 3 heteroatoms. The van der Waals surface area contributed by atoms with E-state index < -0.39 is 0 Å². The van der Waals surface area contributed by atoms with Gasteiger partial charge in [-0.2, -0.15) is 0 Å². The average Bonchev–Trinajstić information content (AvgIpc) is 2.48. The Bertz CT molecular complexity index is 560. The fraction of sp³-hybridized carbons (Fsp3) is 0.333. The molecule has 112 valence electrons. The lowest BCUT2D eigenvalue weighted by Crippen LogP contribution is -2.30. The highest BCUT2D eigenvalue weighted by molar-refractivity contribution is 7.99. The summed E-state index contributed by atoms with van der Waals surface area (Å²) >= 11 is 1.76. The summed E-state index contributed by atoms with van der Waals surface area (Å²) in [5, 5.41) is 3.39. The Morgan fingerprint density at radius 3 is 2.24 bits per heavy atom. The van der Waals surface area contributed by atoms with Crippen molar-refractivity contribution in [1.82, 2.24) is 5.32 Å². The molecule has 21 heavy (non-hydrogen) atoms. The van der Waals surface area contributed by atoms with Crippen LogP contribution in [-0.4, -0.2) is 18.8 Å². The van der Waals surface area contributed by atoms with E-state index in [1.54, 1.807) is 11.8 Å². The third-order valence-electron chi connectivity index (χ3n) is 3.77. The van der Waals surface area contributed by atoms with Crippen LogP contribution >= 0.6 is 11.8 Å². The highest BCUT2D eigenvalue weighted by atomic mass is 32.2. The summed E-state index contributed by atoms with van der Waals surface area (Å²) in [6.45, 7) is 4.34. The number of halogens is 1. The molecule has 1 unspecified atom stereocenters.